The normalized spacial score (nSPS) is 12.9. The summed E-state index contributed by atoms with van der Waals surface area (Å²) in [7, 11) is 0. The summed E-state index contributed by atoms with van der Waals surface area (Å²) in [6.45, 7) is 4.73. The molecule has 0 spiro atoms. The first-order valence-corrected chi connectivity index (χ1v) is 5.86. The molecule has 0 radical (unpaired) electrons. The SMILES string of the molecule is C=COC(=O)C(C)NC(=O)C(Br)(Br)Br. The predicted octanol–water partition coefficient (Wildman–Crippen LogP) is 2.02. The van der Waals surface area contributed by atoms with Crippen molar-refractivity contribution < 1.29 is 14.3 Å². The van der Waals surface area contributed by atoms with Gasteiger partial charge in [0.25, 0.3) is 5.91 Å². The molecular formula is C7H8Br3NO3. The molecule has 0 aromatic carbocycles. The van der Waals surface area contributed by atoms with Crippen LogP contribution >= 0.6 is 47.8 Å². The van der Waals surface area contributed by atoms with Crippen molar-refractivity contribution in [2.75, 3.05) is 0 Å². The second-order valence-corrected chi connectivity index (χ2v) is 9.06. The highest BCUT2D eigenvalue weighted by molar-refractivity contribution is 9.40. The fourth-order valence-corrected chi connectivity index (χ4v) is 0.865. The number of hydrogen-bond acceptors (Lipinski definition) is 3. The van der Waals surface area contributed by atoms with E-state index in [0.29, 0.717) is 0 Å². The molecule has 0 aromatic rings. The summed E-state index contributed by atoms with van der Waals surface area (Å²) < 4.78 is 3.41. The molecule has 0 aliphatic heterocycles. The van der Waals surface area contributed by atoms with Crippen molar-refractivity contribution >= 4 is 59.7 Å². The van der Waals surface area contributed by atoms with Crippen LogP contribution in [0.2, 0.25) is 0 Å². The third-order valence-corrected chi connectivity index (χ3v) is 2.24. The molecule has 0 heterocycles. The van der Waals surface area contributed by atoms with E-state index in [4.69, 9.17) is 0 Å². The molecule has 4 nitrogen and oxygen atoms in total. The second kappa shape index (κ2) is 5.87. The number of rotatable bonds is 3. The predicted molar refractivity (Wildman–Crippen MR) is 63.4 cm³/mol. The largest absolute Gasteiger partial charge is 0.434 e. The van der Waals surface area contributed by atoms with Gasteiger partial charge in [-0.15, -0.1) is 0 Å². The van der Waals surface area contributed by atoms with Gasteiger partial charge in [-0.05, 0) is 54.7 Å². The van der Waals surface area contributed by atoms with Crippen molar-refractivity contribution in [2.24, 2.45) is 0 Å². The van der Waals surface area contributed by atoms with E-state index in [9.17, 15) is 9.59 Å². The van der Waals surface area contributed by atoms with Gasteiger partial charge >= 0.3 is 5.97 Å². The summed E-state index contributed by atoms with van der Waals surface area (Å²) in [6, 6.07) is -0.743. The second-order valence-electron chi connectivity index (χ2n) is 2.30. The molecule has 14 heavy (non-hydrogen) atoms. The summed E-state index contributed by atoms with van der Waals surface area (Å²) >= 11 is 9.03. The molecule has 0 bridgehead atoms. The topological polar surface area (TPSA) is 55.4 Å². The molecule has 0 rings (SSSR count). The van der Waals surface area contributed by atoms with Crippen LogP contribution in [0, 0.1) is 0 Å². The zero-order valence-corrected chi connectivity index (χ0v) is 12.0. The minimum Gasteiger partial charge on any atom is -0.434 e. The Morgan fingerprint density at radius 1 is 1.50 bits per heavy atom. The van der Waals surface area contributed by atoms with Crippen LogP contribution < -0.4 is 5.32 Å². The summed E-state index contributed by atoms with van der Waals surface area (Å²) in [5, 5.41) is 2.40. The van der Waals surface area contributed by atoms with Crippen LogP contribution in [0.4, 0.5) is 0 Å². The van der Waals surface area contributed by atoms with Gasteiger partial charge in [-0.1, -0.05) is 6.58 Å². The first-order chi connectivity index (χ1) is 6.29. The number of nitrogens with one attached hydrogen (secondary N) is 1. The van der Waals surface area contributed by atoms with Crippen molar-refractivity contribution in [3.8, 4) is 0 Å². The van der Waals surface area contributed by atoms with Crippen molar-refractivity contribution in [3.05, 3.63) is 12.8 Å². The first kappa shape index (κ1) is 14.1. The lowest BCUT2D eigenvalue weighted by Crippen LogP contribution is -2.43. The Bertz CT molecular complexity index is 249. The average molecular weight is 394 g/mol. The van der Waals surface area contributed by atoms with Gasteiger partial charge in [0, 0.05) is 0 Å². The molecule has 1 unspecified atom stereocenters. The first-order valence-electron chi connectivity index (χ1n) is 3.48. The Morgan fingerprint density at radius 2 is 2.00 bits per heavy atom. The molecular weight excluding hydrogens is 386 g/mol. The minimum atomic E-state index is -1.07. The smallest absolute Gasteiger partial charge is 0.333 e. The number of hydrogen-bond donors (Lipinski definition) is 1. The molecule has 0 aliphatic rings. The number of alkyl halides is 3. The molecule has 0 saturated carbocycles. The van der Waals surface area contributed by atoms with Crippen LogP contribution in [0.3, 0.4) is 0 Å². The van der Waals surface area contributed by atoms with Crippen molar-refractivity contribution in [1.82, 2.24) is 5.32 Å². The van der Waals surface area contributed by atoms with E-state index in [1.54, 1.807) is 0 Å². The summed E-state index contributed by atoms with van der Waals surface area (Å²) in [6.07, 6.45) is 1.01. The quantitative estimate of drug-likeness (QED) is 0.453. The van der Waals surface area contributed by atoms with Crippen LogP contribution in [0.5, 0.6) is 0 Å². The van der Waals surface area contributed by atoms with E-state index in [2.05, 4.69) is 64.4 Å². The highest BCUT2D eigenvalue weighted by Gasteiger charge is 2.31. The molecule has 0 aliphatic carbocycles. The lowest BCUT2D eigenvalue weighted by molar-refractivity contribution is -0.141. The van der Waals surface area contributed by atoms with Gasteiger partial charge in [-0.2, -0.15) is 0 Å². The highest BCUT2D eigenvalue weighted by atomic mass is 80.0. The Kier molecular flexibility index (Phi) is 5.92. The monoisotopic (exact) mass is 391 g/mol. The molecule has 1 N–H and O–H groups in total. The van der Waals surface area contributed by atoms with Gasteiger partial charge < -0.3 is 10.1 Å². The summed E-state index contributed by atoms with van der Waals surface area (Å²) in [5.74, 6) is -1.02. The number of esters is 1. The van der Waals surface area contributed by atoms with Gasteiger partial charge in [0.05, 0.1) is 6.26 Å². The van der Waals surface area contributed by atoms with E-state index in [0.717, 1.165) is 6.26 Å². The molecule has 0 fully saturated rings. The molecule has 0 aromatic heterocycles. The van der Waals surface area contributed by atoms with Gasteiger partial charge in [-0.3, -0.25) is 4.79 Å². The van der Waals surface area contributed by atoms with Gasteiger partial charge in [0.15, 0.2) is 0 Å². The molecule has 1 amide bonds. The highest BCUT2D eigenvalue weighted by Crippen LogP contribution is 2.33. The van der Waals surface area contributed by atoms with Crippen LogP contribution in [-0.2, 0) is 14.3 Å². The minimum absolute atomic E-state index is 0.439. The maximum atomic E-state index is 11.3. The fraction of sp³-hybridized carbons (Fsp3) is 0.429. The Balaban J connectivity index is 4.19. The molecule has 1 atom stereocenters. The summed E-state index contributed by atoms with van der Waals surface area (Å²) in [4.78, 5) is 22.3. The van der Waals surface area contributed by atoms with Crippen molar-refractivity contribution in [3.63, 3.8) is 0 Å². The average Bonchev–Trinajstić information content (AvgIpc) is 2.02. The third-order valence-electron chi connectivity index (χ3n) is 1.16. The van der Waals surface area contributed by atoms with Gasteiger partial charge in [0.1, 0.15) is 6.04 Å². The lowest BCUT2D eigenvalue weighted by Gasteiger charge is -2.16. The van der Waals surface area contributed by atoms with E-state index < -0.39 is 20.1 Å². The van der Waals surface area contributed by atoms with E-state index in [1.807, 2.05) is 0 Å². The summed E-state index contributed by atoms with van der Waals surface area (Å²) in [5.41, 5.74) is 0. The Morgan fingerprint density at radius 3 is 2.36 bits per heavy atom. The third kappa shape index (κ3) is 5.11. The van der Waals surface area contributed by atoms with Gasteiger partial charge in [0.2, 0.25) is 2.14 Å². The van der Waals surface area contributed by atoms with E-state index in [-0.39, 0.29) is 0 Å². The number of ether oxygens (including phenoxy) is 1. The van der Waals surface area contributed by atoms with Crippen LogP contribution in [-0.4, -0.2) is 20.1 Å². The zero-order chi connectivity index (χ0) is 11.4. The van der Waals surface area contributed by atoms with E-state index in [1.165, 1.54) is 6.92 Å². The molecule has 7 heteroatoms. The standard InChI is InChI=1S/C7H8Br3NO3/c1-3-14-5(12)4(2)11-6(13)7(8,9)10/h3-4H,1H2,2H3,(H,11,13). The van der Waals surface area contributed by atoms with Crippen LogP contribution in [0.25, 0.3) is 0 Å². The number of carbonyl (C=O) groups is 2. The zero-order valence-electron chi connectivity index (χ0n) is 7.22. The van der Waals surface area contributed by atoms with Crippen molar-refractivity contribution in [1.29, 1.82) is 0 Å². The molecule has 0 saturated heterocycles. The van der Waals surface area contributed by atoms with Gasteiger partial charge in [-0.25, -0.2) is 4.79 Å². The van der Waals surface area contributed by atoms with Crippen molar-refractivity contribution in [2.45, 2.75) is 15.1 Å². The van der Waals surface area contributed by atoms with E-state index >= 15 is 0 Å². The lowest BCUT2D eigenvalue weighted by atomic mass is 10.3. The Labute approximate surface area is 107 Å². The number of halogens is 3. The maximum absolute atomic E-state index is 11.3. The molecule has 80 valence electrons. The fourth-order valence-electron chi connectivity index (χ4n) is 0.522. The van der Waals surface area contributed by atoms with Crippen LogP contribution in [0.15, 0.2) is 12.8 Å². The Hall–Kier alpha value is 0.120. The van der Waals surface area contributed by atoms with Crippen LogP contribution in [0.1, 0.15) is 6.92 Å². The number of amides is 1. The number of carbonyl (C=O) groups excluding carboxylic acids is 2. The maximum Gasteiger partial charge on any atom is 0.333 e.